The summed E-state index contributed by atoms with van der Waals surface area (Å²) in [5.74, 6) is 3.39. The van der Waals surface area contributed by atoms with E-state index in [0.29, 0.717) is 0 Å². The van der Waals surface area contributed by atoms with Crippen LogP contribution in [0.4, 0.5) is 0 Å². The van der Waals surface area contributed by atoms with E-state index in [1.54, 1.807) is 0 Å². The fraction of sp³-hybridized carbons (Fsp3) is 1.00. The van der Waals surface area contributed by atoms with E-state index < -0.39 is 0 Å². The van der Waals surface area contributed by atoms with Crippen LogP contribution in [-0.4, -0.2) is 41.0 Å². The van der Waals surface area contributed by atoms with Crippen LogP contribution in [0.3, 0.4) is 0 Å². The van der Waals surface area contributed by atoms with Gasteiger partial charge in [-0.3, -0.25) is 0 Å². The minimum Gasteiger partial charge on any atom is -0.168 e. The Balaban J connectivity index is 4.20. The van der Waals surface area contributed by atoms with E-state index in [1.807, 2.05) is 58.8 Å². The third-order valence-electron chi connectivity index (χ3n) is 1.58. The summed E-state index contributed by atoms with van der Waals surface area (Å²) in [4.78, 5) is 0. The Morgan fingerprint density at radius 3 is 1.71 bits per heavy atom. The molecule has 0 rings (SSSR count). The third kappa shape index (κ3) is 10.5. The highest BCUT2D eigenvalue weighted by molar-refractivity contribution is 8.37. The monoisotopic (exact) mass is 402 g/mol. The van der Waals surface area contributed by atoms with Gasteiger partial charge in [0.1, 0.15) is 3.41 Å². The number of hydrogen-bond acceptors (Lipinski definition) is 9. The lowest BCUT2D eigenvalue weighted by atomic mass is 10.9. The highest BCUT2D eigenvalue weighted by atomic mass is 32.3. The van der Waals surface area contributed by atoms with E-state index in [4.69, 9.17) is 0 Å². The van der Waals surface area contributed by atoms with Crippen LogP contribution in [0, 0.1) is 0 Å². The molecule has 104 valence electrons. The molecule has 0 atom stereocenters. The van der Waals surface area contributed by atoms with Crippen molar-refractivity contribution in [3.05, 3.63) is 0 Å². The van der Waals surface area contributed by atoms with Crippen molar-refractivity contribution in [2.45, 2.75) is 3.41 Å². The second-order valence-electron chi connectivity index (χ2n) is 2.59. The van der Waals surface area contributed by atoms with Gasteiger partial charge in [0, 0.05) is 37.6 Å². The van der Waals surface area contributed by atoms with E-state index in [9.17, 15) is 0 Å². The predicted octanol–water partition coefficient (Wildman–Crippen LogP) is 4.86. The topological polar surface area (TPSA) is 0 Å². The highest BCUT2D eigenvalue weighted by Crippen LogP contribution is 2.49. The average molecular weight is 403 g/mol. The first-order valence-electron chi connectivity index (χ1n) is 4.75. The maximum Gasteiger partial charge on any atom is 0.117 e. The molecule has 0 spiro atoms. The molecule has 0 fully saturated rings. The molecule has 0 aromatic heterocycles. The van der Waals surface area contributed by atoms with E-state index in [0.717, 1.165) is 37.6 Å². The molecule has 0 aromatic rings. The van der Waals surface area contributed by atoms with Crippen LogP contribution in [0.25, 0.3) is 0 Å². The summed E-state index contributed by atoms with van der Waals surface area (Å²) in [6.45, 7) is 0. The summed E-state index contributed by atoms with van der Waals surface area (Å²) in [6.07, 6.45) is 0. The zero-order valence-corrected chi connectivity index (χ0v) is 16.9. The molecule has 0 aliphatic heterocycles. The molecule has 0 aliphatic carbocycles. The van der Waals surface area contributed by atoms with E-state index in [1.165, 1.54) is 0 Å². The first-order chi connectivity index (χ1) is 8.24. The molecule has 0 radical (unpaired) electrons. The number of thiol groups is 4. The zero-order valence-electron chi connectivity index (χ0n) is 9.28. The van der Waals surface area contributed by atoms with Gasteiger partial charge >= 0.3 is 0 Å². The van der Waals surface area contributed by atoms with E-state index in [-0.39, 0.29) is 3.41 Å². The Morgan fingerprint density at radius 2 is 1.24 bits per heavy atom. The summed E-state index contributed by atoms with van der Waals surface area (Å²) in [5.41, 5.74) is 0. The Bertz CT molecular complexity index is 159. The van der Waals surface area contributed by atoms with Crippen molar-refractivity contribution >= 4 is 109 Å². The van der Waals surface area contributed by atoms with Gasteiger partial charge < -0.3 is 0 Å². The molecular formula is C8H18S9. The molecule has 0 heterocycles. The van der Waals surface area contributed by atoms with Crippen LogP contribution in [0.2, 0.25) is 0 Å². The number of thioether (sulfide) groups is 5. The largest absolute Gasteiger partial charge is 0.168 e. The Hall–Kier alpha value is 3.15. The number of hydrogen-bond donors (Lipinski definition) is 4. The van der Waals surface area contributed by atoms with Crippen LogP contribution in [-0.2, 0) is 0 Å². The molecule has 0 unspecified atom stereocenters. The minimum absolute atomic E-state index is 0.175. The van der Waals surface area contributed by atoms with Crippen LogP contribution < -0.4 is 0 Å². The van der Waals surface area contributed by atoms with Crippen molar-refractivity contribution in [3.63, 3.8) is 0 Å². The summed E-state index contributed by atoms with van der Waals surface area (Å²) in [7, 11) is 0. The van der Waals surface area contributed by atoms with Gasteiger partial charge in [-0.15, -0.1) is 47.0 Å². The van der Waals surface area contributed by atoms with Crippen molar-refractivity contribution in [1.29, 1.82) is 0 Å². The number of rotatable bonds is 12. The highest BCUT2D eigenvalue weighted by Gasteiger charge is 2.30. The Labute approximate surface area is 149 Å². The Morgan fingerprint density at radius 1 is 0.647 bits per heavy atom. The lowest BCUT2D eigenvalue weighted by molar-refractivity contribution is 1.34. The molecule has 0 saturated carbocycles. The smallest absolute Gasteiger partial charge is 0.117 e. The van der Waals surface area contributed by atoms with E-state index >= 15 is 0 Å². The maximum atomic E-state index is 4.36. The van der Waals surface area contributed by atoms with Crippen molar-refractivity contribution in [2.75, 3.05) is 37.6 Å². The quantitative estimate of drug-likeness (QED) is 0.208. The summed E-state index contributed by atoms with van der Waals surface area (Å²) < 4.78 is 0.175. The minimum atomic E-state index is 0.175. The molecule has 9 heteroatoms. The van der Waals surface area contributed by atoms with Gasteiger partial charge in [-0.2, -0.15) is 62.3 Å². The normalized spacial score (nSPS) is 12.0. The first-order valence-corrected chi connectivity index (χ1v) is 12.5. The Kier molecular flexibility index (Phi) is 16.7. The molecule has 0 amide bonds. The van der Waals surface area contributed by atoms with Gasteiger partial charge in [-0.1, -0.05) is 0 Å². The lowest BCUT2D eigenvalue weighted by Crippen LogP contribution is -2.21. The summed E-state index contributed by atoms with van der Waals surface area (Å²) >= 11 is 26.8. The van der Waals surface area contributed by atoms with Crippen LogP contribution in [0.15, 0.2) is 0 Å². The standard InChI is InChI=1S/C8H18S9/c9-4-13-1-2-15-8(16-6-11,17-7-12)3-14-5-10/h9-12H,1-7H2. The van der Waals surface area contributed by atoms with Crippen molar-refractivity contribution in [3.8, 4) is 0 Å². The van der Waals surface area contributed by atoms with Crippen molar-refractivity contribution < 1.29 is 0 Å². The lowest BCUT2D eigenvalue weighted by Gasteiger charge is -2.30. The van der Waals surface area contributed by atoms with Gasteiger partial charge in [0.05, 0.1) is 0 Å². The molecule has 0 nitrogen and oxygen atoms in total. The first kappa shape index (κ1) is 20.1. The summed E-state index contributed by atoms with van der Waals surface area (Å²) in [6, 6.07) is 0. The van der Waals surface area contributed by atoms with Gasteiger partial charge in [-0.25, -0.2) is 0 Å². The molecule has 0 aromatic carbocycles. The summed E-state index contributed by atoms with van der Waals surface area (Å²) in [5, 5.41) is 3.47. The molecule has 0 N–H and O–H groups in total. The van der Waals surface area contributed by atoms with Gasteiger partial charge in [0.15, 0.2) is 0 Å². The van der Waals surface area contributed by atoms with Gasteiger partial charge in [0.25, 0.3) is 0 Å². The molecule has 0 aliphatic rings. The fourth-order valence-corrected chi connectivity index (χ4v) is 9.91. The SMILES string of the molecule is SCSCCSC(CSCS)(SCS)SCS. The second-order valence-corrected chi connectivity index (χ2v) is 12.4. The third-order valence-corrected chi connectivity index (χ3v) is 10.3. The van der Waals surface area contributed by atoms with Gasteiger partial charge in [0.2, 0.25) is 0 Å². The van der Waals surface area contributed by atoms with Crippen LogP contribution in [0.1, 0.15) is 0 Å². The van der Waals surface area contributed by atoms with Crippen LogP contribution in [0.5, 0.6) is 0 Å². The molecule has 0 bridgehead atoms. The molecule has 17 heavy (non-hydrogen) atoms. The fourth-order valence-electron chi connectivity index (χ4n) is 0.938. The average Bonchev–Trinajstić information content (AvgIpc) is 2.33. The zero-order chi connectivity index (χ0) is 13.0. The van der Waals surface area contributed by atoms with Crippen LogP contribution >= 0.6 is 109 Å². The van der Waals surface area contributed by atoms with Crippen molar-refractivity contribution in [2.24, 2.45) is 0 Å². The predicted molar refractivity (Wildman–Crippen MR) is 111 cm³/mol. The van der Waals surface area contributed by atoms with Crippen molar-refractivity contribution in [1.82, 2.24) is 0 Å². The molecular weight excluding hydrogens is 385 g/mol. The maximum absolute atomic E-state index is 4.36. The van der Waals surface area contributed by atoms with Gasteiger partial charge in [-0.05, 0) is 0 Å². The van der Waals surface area contributed by atoms with E-state index in [2.05, 4.69) is 50.5 Å². The second kappa shape index (κ2) is 14.1. The molecule has 0 saturated heterocycles.